The van der Waals surface area contributed by atoms with Crippen LogP contribution in [0.1, 0.15) is 31.7 Å². The topological polar surface area (TPSA) is 15.3 Å². The number of nitrogens with zero attached hydrogens (tertiary/aromatic N) is 1. The zero-order valence-corrected chi connectivity index (χ0v) is 13.3. The average Bonchev–Trinajstić information content (AvgIpc) is 2.85. The van der Waals surface area contributed by atoms with E-state index in [2.05, 4.69) is 64.0 Å². The lowest BCUT2D eigenvalue weighted by Crippen LogP contribution is -2.37. The monoisotopic (exact) mass is 358 g/mol. The number of nitrogens with one attached hydrogen (secondary N) is 1. The molecule has 1 heterocycles. The van der Waals surface area contributed by atoms with Gasteiger partial charge in [-0.15, -0.1) is 0 Å². The van der Waals surface area contributed by atoms with Crippen LogP contribution in [0.2, 0.25) is 0 Å². The fraction of sp³-hybridized carbons (Fsp3) is 0.600. The van der Waals surface area contributed by atoms with Gasteiger partial charge in [0, 0.05) is 22.7 Å². The SMILES string of the molecule is CCCN(Cc1ccc(I)cc1)CC1CCCN1. The Balaban J connectivity index is 1.90. The molecule has 0 bridgehead atoms. The highest BCUT2D eigenvalue weighted by Gasteiger charge is 2.17. The molecule has 1 aliphatic rings. The zero-order chi connectivity index (χ0) is 12.8. The van der Waals surface area contributed by atoms with Gasteiger partial charge in [0.1, 0.15) is 0 Å². The minimum absolute atomic E-state index is 0.709. The molecule has 1 fully saturated rings. The lowest BCUT2D eigenvalue weighted by Gasteiger charge is -2.25. The highest BCUT2D eigenvalue weighted by atomic mass is 127. The molecule has 18 heavy (non-hydrogen) atoms. The second-order valence-corrected chi connectivity index (χ2v) is 6.40. The standard InChI is InChI=1S/C15H23IN2/c1-2-10-18(12-15-4-3-9-17-15)11-13-5-7-14(16)8-6-13/h5-8,15,17H,2-4,9-12H2,1H3. The number of benzene rings is 1. The fourth-order valence-corrected chi connectivity index (χ4v) is 2.98. The number of hydrogen-bond acceptors (Lipinski definition) is 2. The molecule has 100 valence electrons. The Hall–Kier alpha value is -0.130. The van der Waals surface area contributed by atoms with Crippen LogP contribution in [-0.4, -0.2) is 30.6 Å². The molecule has 0 aromatic heterocycles. The van der Waals surface area contributed by atoms with Crippen LogP contribution in [0, 0.1) is 3.57 Å². The maximum absolute atomic E-state index is 3.60. The summed E-state index contributed by atoms with van der Waals surface area (Å²) in [4.78, 5) is 2.59. The highest BCUT2D eigenvalue weighted by molar-refractivity contribution is 14.1. The predicted molar refractivity (Wildman–Crippen MR) is 85.8 cm³/mol. The Bertz CT molecular complexity index is 344. The molecule has 1 N–H and O–H groups in total. The maximum Gasteiger partial charge on any atom is 0.0234 e. The minimum Gasteiger partial charge on any atom is -0.313 e. The lowest BCUT2D eigenvalue weighted by molar-refractivity contribution is 0.241. The Morgan fingerprint density at radius 3 is 2.72 bits per heavy atom. The molecule has 0 radical (unpaired) electrons. The van der Waals surface area contributed by atoms with Crippen molar-refractivity contribution in [3.05, 3.63) is 33.4 Å². The third-order valence-corrected chi connectivity index (χ3v) is 4.22. The third kappa shape index (κ3) is 4.52. The molecule has 1 aromatic carbocycles. The molecule has 3 heteroatoms. The van der Waals surface area contributed by atoms with Crippen molar-refractivity contribution < 1.29 is 0 Å². The first kappa shape index (κ1) is 14.3. The van der Waals surface area contributed by atoms with Gasteiger partial charge in [0.05, 0.1) is 0 Å². The van der Waals surface area contributed by atoms with Crippen molar-refractivity contribution >= 4 is 22.6 Å². The van der Waals surface area contributed by atoms with Gasteiger partial charge in [-0.05, 0) is 72.6 Å². The van der Waals surface area contributed by atoms with E-state index in [0.29, 0.717) is 6.04 Å². The summed E-state index contributed by atoms with van der Waals surface area (Å²) in [6.45, 7) is 6.95. The van der Waals surface area contributed by atoms with E-state index in [4.69, 9.17) is 0 Å². The van der Waals surface area contributed by atoms with E-state index in [9.17, 15) is 0 Å². The second kappa shape index (κ2) is 7.46. The van der Waals surface area contributed by atoms with Crippen LogP contribution in [-0.2, 0) is 6.54 Å². The van der Waals surface area contributed by atoms with E-state index >= 15 is 0 Å². The molecule has 1 saturated heterocycles. The molecule has 1 atom stereocenters. The van der Waals surface area contributed by atoms with Crippen molar-refractivity contribution in [3.8, 4) is 0 Å². The van der Waals surface area contributed by atoms with Crippen LogP contribution in [0.25, 0.3) is 0 Å². The molecule has 0 spiro atoms. The van der Waals surface area contributed by atoms with Crippen LogP contribution in [0.15, 0.2) is 24.3 Å². The molecule has 0 aliphatic carbocycles. The van der Waals surface area contributed by atoms with Gasteiger partial charge in [-0.2, -0.15) is 0 Å². The Kier molecular flexibility index (Phi) is 5.92. The molecule has 2 rings (SSSR count). The predicted octanol–water partition coefficient (Wildman–Crippen LogP) is 3.26. The summed E-state index contributed by atoms with van der Waals surface area (Å²) in [7, 11) is 0. The fourth-order valence-electron chi connectivity index (χ4n) is 2.62. The Morgan fingerprint density at radius 2 is 2.11 bits per heavy atom. The molecule has 1 aromatic rings. The first-order valence-corrected chi connectivity index (χ1v) is 8.06. The Morgan fingerprint density at radius 1 is 1.33 bits per heavy atom. The minimum atomic E-state index is 0.709. The van der Waals surface area contributed by atoms with E-state index in [0.717, 1.165) is 6.54 Å². The van der Waals surface area contributed by atoms with Crippen LogP contribution in [0.3, 0.4) is 0 Å². The highest BCUT2D eigenvalue weighted by Crippen LogP contribution is 2.12. The number of halogens is 1. The smallest absolute Gasteiger partial charge is 0.0234 e. The normalized spacial score (nSPS) is 19.6. The lowest BCUT2D eigenvalue weighted by atomic mass is 10.1. The molecule has 0 amide bonds. The summed E-state index contributed by atoms with van der Waals surface area (Å²) >= 11 is 2.36. The van der Waals surface area contributed by atoms with Gasteiger partial charge in [-0.25, -0.2) is 0 Å². The quantitative estimate of drug-likeness (QED) is 0.786. The van der Waals surface area contributed by atoms with Crippen molar-refractivity contribution in [1.82, 2.24) is 10.2 Å². The first-order chi connectivity index (χ1) is 8.78. The molecule has 0 saturated carbocycles. The van der Waals surface area contributed by atoms with Crippen LogP contribution in [0.4, 0.5) is 0 Å². The average molecular weight is 358 g/mol. The van der Waals surface area contributed by atoms with Crippen molar-refractivity contribution in [3.63, 3.8) is 0 Å². The number of hydrogen-bond donors (Lipinski definition) is 1. The maximum atomic E-state index is 3.60. The largest absolute Gasteiger partial charge is 0.313 e. The van der Waals surface area contributed by atoms with Gasteiger partial charge in [-0.1, -0.05) is 19.1 Å². The van der Waals surface area contributed by atoms with Crippen molar-refractivity contribution in [1.29, 1.82) is 0 Å². The zero-order valence-electron chi connectivity index (χ0n) is 11.2. The molecule has 2 nitrogen and oxygen atoms in total. The number of rotatable bonds is 6. The third-order valence-electron chi connectivity index (χ3n) is 3.50. The van der Waals surface area contributed by atoms with Crippen LogP contribution < -0.4 is 5.32 Å². The summed E-state index contributed by atoms with van der Waals surface area (Å²) in [6, 6.07) is 9.63. The molecular weight excluding hydrogens is 335 g/mol. The van der Waals surface area contributed by atoms with Crippen LogP contribution >= 0.6 is 22.6 Å². The summed E-state index contributed by atoms with van der Waals surface area (Å²) in [5, 5.41) is 3.60. The molecule has 1 unspecified atom stereocenters. The van der Waals surface area contributed by atoms with Gasteiger partial charge in [-0.3, -0.25) is 4.90 Å². The van der Waals surface area contributed by atoms with Gasteiger partial charge < -0.3 is 5.32 Å². The van der Waals surface area contributed by atoms with Crippen LogP contribution in [0.5, 0.6) is 0 Å². The van der Waals surface area contributed by atoms with Crippen molar-refractivity contribution in [2.75, 3.05) is 19.6 Å². The van der Waals surface area contributed by atoms with E-state index in [-0.39, 0.29) is 0 Å². The molecule has 1 aliphatic heterocycles. The summed E-state index contributed by atoms with van der Waals surface area (Å²) in [5.41, 5.74) is 1.43. The van der Waals surface area contributed by atoms with Gasteiger partial charge in [0.15, 0.2) is 0 Å². The summed E-state index contributed by atoms with van der Waals surface area (Å²) < 4.78 is 1.32. The van der Waals surface area contributed by atoms with E-state index < -0.39 is 0 Å². The summed E-state index contributed by atoms with van der Waals surface area (Å²) in [6.07, 6.45) is 3.91. The first-order valence-electron chi connectivity index (χ1n) is 6.98. The van der Waals surface area contributed by atoms with Crippen molar-refractivity contribution in [2.24, 2.45) is 0 Å². The van der Waals surface area contributed by atoms with E-state index in [1.807, 2.05) is 0 Å². The van der Waals surface area contributed by atoms with Gasteiger partial charge >= 0.3 is 0 Å². The van der Waals surface area contributed by atoms with Gasteiger partial charge in [0.25, 0.3) is 0 Å². The summed E-state index contributed by atoms with van der Waals surface area (Å²) in [5.74, 6) is 0. The van der Waals surface area contributed by atoms with E-state index in [1.165, 1.54) is 48.0 Å². The van der Waals surface area contributed by atoms with E-state index in [1.54, 1.807) is 0 Å². The second-order valence-electron chi connectivity index (χ2n) is 5.15. The Labute approximate surface area is 124 Å². The van der Waals surface area contributed by atoms with Gasteiger partial charge in [0.2, 0.25) is 0 Å². The molecular formula is C15H23IN2. The van der Waals surface area contributed by atoms with Crippen molar-refractivity contribution in [2.45, 2.75) is 38.8 Å².